The van der Waals surface area contributed by atoms with E-state index >= 15 is 0 Å². The number of ether oxygens (including phenoxy) is 1. The zero-order valence-electron chi connectivity index (χ0n) is 18.6. The van der Waals surface area contributed by atoms with Crippen molar-refractivity contribution in [2.24, 2.45) is 0 Å². The third-order valence-corrected chi connectivity index (χ3v) is 4.01. The summed E-state index contributed by atoms with van der Waals surface area (Å²) in [5, 5.41) is 17.5. The second kappa shape index (κ2) is 16.4. The smallest absolute Gasteiger partial charge is 0.307 e. The molecule has 170 valence electrons. The molecule has 0 aromatic carbocycles. The summed E-state index contributed by atoms with van der Waals surface area (Å²) < 4.78 is 5.88. The molecule has 7 nitrogen and oxygen atoms in total. The Kier molecular flexibility index (Phi) is 15.1. The van der Waals surface area contributed by atoms with E-state index in [2.05, 4.69) is 12.2 Å². The van der Waals surface area contributed by atoms with E-state index in [-0.39, 0.29) is 25.2 Å². The number of carboxylic acid groups (broad SMARTS) is 2. The van der Waals surface area contributed by atoms with Gasteiger partial charge in [-0.2, -0.15) is 0 Å². The fourth-order valence-electron chi connectivity index (χ4n) is 2.71. The number of hydrogen-bond acceptors (Lipinski definition) is 4. The van der Waals surface area contributed by atoms with E-state index in [1.54, 1.807) is 0 Å². The number of aliphatic carboxylic acids is 2. The molecule has 0 rings (SSSR count). The molecule has 0 aliphatic carbocycles. The van der Waals surface area contributed by atoms with Crippen molar-refractivity contribution < 1.29 is 33.8 Å². The first kappa shape index (κ1) is 27.6. The van der Waals surface area contributed by atoms with Gasteiger partial charge in [-0.15, -0.1) is 0 Å². The number of quaternary nitrogens is 1. The van der Waals surface area contributed by atoms with Gasteiger partial charge in [0.1, 0.15) is 6.54 Å². The van der Waals surface area contributed by atoms with E-state index in [9.17, 15) is 14.4 Å². The lowest BCUT2D eigenvalue weighted by molar-refractivity contribution is -0.873. The predicted octanol–water partition coefficient (Wildman–Crippen LogP) is 3.95. The summed E-state index contributed by atoms with van der Waals surface area (Å²) in [6.45, 7) is 0.460. The first-order valence-corrected chi connectivity index (χ1v) is 10.5. The molecule has 30 heavy (non-hydrogen) atoms. The van der Waals surface area contributed by atoms with E-state index in [1.165, 1.54) is 0 Å². The van der Waals surface area contributed by atoms with E-state index in [4.69, 9.17) is 14.9 Å². The Morgan fingerprint density at radius 2 is 1.30 bits per heavy atom. The predicted molar refractivity (Wildman–Crippen MR) is 117 cm³/mol. The van der Waals surface area contributed by atoms with E-state index in [1.807, 2.05) is 45.4 Å². The van der Waals surface area contributed by atoms with Crippen molar-refractivity contribution in [3.8, 4) is 0 Å². The Labute approximate surface area is 180 Å². The molecular formula is C23H38NO6+. The number of nitrogens with zero attached hydrogens (tertiary/aromatic N) is 1. The minimum atomic E-state index is -0.967. The molecule has 1 atom stereocenters. The highest BCUT2D eigenvalue weighted by molar-refractivity contribution is 5.71. The molecule has 0 aromatic rings. The summed E-state index contributed by atoms with van der Waals surface area (Å²) >= 11 is 0. The van der Waals surface area contributed by atoms with Gasteiger partial charge in [-0.25, -0.2) is 0 Å². The van der Waals surface area contributed by atoms with Crippen molar-refractivity contribution in [1.82, 2.24) is 0 Å². The molecule has 2 N–H and O–H groups in total. The van der Waals surface area contributed by atoms with Gasteiger partial charge >= 0.3 is 17.9 Å². The zero-order chi connectivity index (χ0) is 22.8. The number of unbranched alkanes of at least 4 members (excludes halogenated alkanes) is 2. The number of likely N-dealkylation sites (N-methyl/N-ethyl adjacent to an activating group) is 1. The van der Waals surface area contributed by atoms with Crippen LogP contribution in [-0.2, 0) is 19.1 Å². The molecule has 0 amide bonds. The van der Waals surface area contributed by atoms with Gasteiger partial charge in [0.05, 0.1) is 27.6 Å². The van der Waals surface area contributed by atoms with Crippen LogP contribution in [-0.4, -0.2) is 66.4 Å². The van der Waals surface area contributed by atoms with Crippen LogP contribution in [0.5, 0.6) is 0 Å². The van der Waals surface area contributed by atoms with E-state index < -0.39 is 18.0 Å². The molecule has 0 heterocycles. The van der Waals surface area contributed by atoms with Crippen LogP contribution in [0.25, 0.3) is 0 Å². The van der Waals surface area contributed by atoms with Gasteiger partial charge < -0.3 is 19.4 Å². The number of rotatable bonds is 17. The Hall–Kier alpha value is -2.41. The summed E-state index contributed by atoms with van der Waals surface area (Å²) in [5.41, 5.74) is 0. The van der Waals surface area contributed by atoms with Crippen LogP contribution in [0.3, 0.4) is 0 Å². The molecule has 0 saturated heterocycles. The summed E-state index contributed by atoms with van der Waals surface area (Å²) in [4.78, 5) is 33.3. The first-order chi connectivity index (χ1) is 14.1. The van der Waals surface area contributed by atoms with Crippen LogP contribution in [0.1, 0.15) is 57.8 Å². The maximum Gasteiger partial charge on any atom is 0.307 e. The molecule has 0 radical (unpaired) electrons. The Morgan fingerprint density at radius 1 is 0.800 bits per heavy atom. The van der Waals surface area contributed by atoms with Crippen LogP contribution < -0.4 is 0 Å². The SMILES string of the molecule is C[N+](C)(C)CC(CC(=O)O)OC(=O)CCC/C=C/C/C=C/C/C=C/CCCC(=O)O. The van der Waals surface area contributed by atoms with Gasteiger partial charge in [0.25, 0.3) is 0 Å². The normalized spacial score (nSPS) is 13.3. The van der Waals surface area contributed by atoms with Crippen molar-refractivity contribution in [2.45, 2.75) is 63.9 Å². The molecule has 7 heteroatoms. The molecule has 0 aliphatic rings. The summed E-state index contributed by atoms with van der Waals surface area (Å²) in [6, 6.07) is 0. The fraction of sp³-hybridized carbons (Fsp3) is 0.609. The maximum atomic E-state index is 12.0. The highest BCUT2D eigenvalue weighted by Gasteiger charge is 2.24. The summed E-state index contributed by atoms with van der Waals surface area (Å²) in [5.74, 6) is -2.07. The average molecular weight is 425 g/mol. The number of carbonyl (C=O) groups is 3. The summed E-state index contributed by atoms with van der Waals surface area (Å²) in [6.07, 6.45) is 16.5. The maximum absolute atomic E-state index is 12.0. The zero-order valence-corrected chi connectivity index (χ0v) is 18.6. The number of carboxylic acids is 2. The highest BCUT2D eigenvalue weighted by atomic mass is 16.5. The third-order valence-electron chi connectivity index (χ3n) is 4.01. The molecule has 0 bridgehead atoms. The average Bonchev–Trinajstić information content (AvgIpc) is 2.59. The van der Waals surface area contributed by atoms with Crippen molar-refractivity contribution >= 4 is 17.9 Å². The van der Waals surface area contributed by atoms with Crippen LogP contribution in [0.2, 0.25) is 0 Å². The van der Waals surface area contributed by atoms with Gasteiger partial charge in [0, 0.05) is 12.8 Å². The Morgan fingerprint density at radius 3 is 1.77 bits per heavy atom. The fourth-order valence-corrected chi connectivity index (χ4v) is 2.71. The Bertz CT molecular complexity index is 601. The number of allylic oxidation sites excluding steroid dienone is 6. The largest absolute Gasteiger partial charge is 0.481 e. The second-order valence-corrected chi connectivity index (χ2v) is 8.25. The Balaban J connectivity index is 3.90. The molecular weight excluding hydrogens is 386 g/mol. The molecule has 0 fully saturated rings. The van der Waals surface area contributed by atoms with Crippen molar-refractivity contribution in [3.63, 3.8) is 0 Å². The molecule has 0 aromatic heterocycles. The van der Waals surface area contributed by atoms with Crippen molar-refractivity contribution in [2.75, 3.05) is 27.7 Å². The van der Waals surface area contributed by atoms with Crippen molar-refractivity contribution in [3.05, 3.63) is 36.5 Å². The monoisotopic (exact) mass is 424 g/mol. The topological polar surface area (TPSA) is 101 Å². The van der Waals surface area contributed by atoms with Crippen LogP contribution >= 0.6 is 0 Å². The van der Waals surface area contributed by atoms with Gasteiger partial charge in [-0.1, -0.05) is 36.5 Å². The molecule has 1 unspecified atom stereocenters. The molecule has 0 aliphatic heterocycles. The van der Waals surface area contributed by atoms with Gasteiger partial charge in [-0.05, 0) is 38.5 Å². The number of esters is 1. The van der Waals surface area contributed by atoms with Crippen LogP contribution in [0, 0.1) is 0 Å². The second-order valence-electron chi connectivity index (χ2n) is 8.25. The highest BCUT2D eigenvalue weighted by Crippen LogP contribution is 2.08. The minimum absolute atomic E-state index is 0.176. The number of carbonyl (C=O) groups excluding carboxylic acids is 1. The van der Waals surface area contributed by atoms with Crippen LogP contribution in [0.4, 0.5) is 0 Å². The lowest BCUT2D eigenvalue weighted by Crippen LogP contribution is -2.43. The minimum Gasteiger partial charge on any atom is -0.481 e. The quantitative estimate of drug-likeness (QED) is 0.159. The van der Waals surface area contributed by atoms with Gasteiger partial charge in [0.2, 0.25) is 0 Å². The van der Waals surface area contributed by atoms with Gasteiger partial charge in [0.15, 0.2) is 6.10 Å². The van der Waals surface area contributed by atoms with E-state index in [0.717, 1.165) is 25.7 Å². The van der Waals surface area contributed by atoms with E-state index in [0.29, 0.717) is 23.9 Å². The molecule has 0 saturated carbocycles. The standard InChI is InChI=1S/C23H37NO6/c1-24(2,3)19-20(18-22(27)28)30-23(29)17-15-13-11-9-7-5-4-6-8-10-12-14-16-21(25)26/h4-5,8-11,20H,6-7,12-19H2,1-3H3,(H-,25,26,27,28)/p+1/b5-4+,10-8+,11-9+. The lowest BCUT2D eigenvalue weighted by atomic mass is 10.2. The first-order valence-electron chi connectivity index (χ1n) is 10.5. The third kappa shape index (κ3) is 20.3. The van der Waals surface area contributed by atoms with Crippen molar-refractivity contribution in [1.29, 1.82) is 0 Å². The lowest BCUT2D eigenvalue weighted by Gasteiger charge is -2.28. The van der Waals surface area contributed by atoms with Gasteiger partial charge in [-0.3, -0.25) is 14.4 Å². The summed E-state index contributed by atoms with van der Waals surface area (Å²) in [7, 11) is 5.79. The number of hydrogen-bond donors (Lipinski definition) is 2. The van der Waals surface area contributed by atoms with Crippen LogP contribution in [0.15, 0.2) is 36.5 Å². The molecule has 0 spiro atoms.